The number of fused-ring (bicyclic) bond motifs is 1. The van der Waals surface area contributed by atoms with Crippen LogP contribution in [0.4, 0.5) is 17.3 Å². The SMILES string of the molecule is Cc1cc(Nc2nc3ccc(N)cc3[nH]2)cc(C)c1Br. The van der Waals surface area contributed by atoms with E-state index in [1.54, 1.807) is 0 Å². The molecule has 4 N–H and O–H groups in total. The highest BCUT2D eigenvalue weighted by Gasteiger charge is 2.06. The van der Waals surface area contributed by atoms with Crippen LogP contribution in [0, 0.1) is 13.8 Å². The number of H-pyrrole nitrogens is 1. The van der Waals surface area contributed by atoms with Gasteiger partial charge in [-0.3, -0.25) is 0 Å². The largest absolute Gasteiger partial charge is 0.399 e. The maximum absolute atomic E-state index is 5.77. The van der Waals surface area contributed by atoms with Crippen molar-refractivity contribution < 1.29 is 0 Å². The zero-order chi connectivity index (χ0) is 14.3. The zero-order valence-corrected chi connectivity index (χ0v) is 12.9. The van der Waals surface area contributed by atoms with E-state index in [9.17, 15) is 0 Å². The molecule has 1 heterocycles. The summed E-state index contributed by atoms with van der Waals surface area (Å²) in [6.45, 7) is 4.14. The minimum absolute atomic E-state index is 0.715. The van der Waals surface area contributed by atoms with E-state index >= 15 is 0 Å². The molecule has 0 aliphatic rings. The van der Waals surface area contributed by atoms with Gasteiger partial charge in [-0.2, -0.15) is 0 Å². The summed E-state index contributed by atoms with van der Waals surface area (Å²) < 4.78 is 1.14. The fraction of sp³-hybridized carbons (Fsp3) is 0.133. The highest BCUT2D eigenvalue weighted by Crippen LogP contribution is 2.27. The van der Waals surface area contributed by atoms with E-state index < -0.39 is 0 Å². The molecule has 5 heteroatoms. The number of aromatic nitrogens is 2. The molecule has 4 nitrogen and oxygen atoms in total. The van der Waals surface area contributed by atoms with Crippen molar-refractivity contribution in [2.24, 2.45) is 0 Å². The van der Waals surface area contributed by atoms with E-state index in [1.807, 2.05) is 18.2 Å². The van der Waals surface area contributed by atoms with Crippen molar-refractivity contribution in [3.8, 4) is 0 Å². The Morgan fingerprint density at radius 2 is 1.85 bits per heavy atom. The van der Waals surface area contributed by atoms with Gasteiger partial charge in [0.15, 0.2) is 0 Å². The van der Waals surface area contributed by atoms with Gasteiger partial charge in [-0.15, -0.1) is 0 Å². The molecular formula is C15H15BrN4. The van der Waals surface area contributed by atoms with Crippen LogP contribution in [0.2, 0.25) is 0 Å². The number of nitrogens with zero attached hydrogens (tertiary/aromatic N) is 1. The predicted octanol–water partition coefficient (Wildman–Crippen LogP) is 4.27. The van der Waals surface area contributed by atoms with Gasteiger partial charge in [0.25, 0.3) is 0 Å². The number of rotatable bonds is 2. The number of hydrogen-bond donors (Lipinski definition) is 3. The van der Waals surface area contributed by atoms with Crippen LogP contribution in [0.1, 0.15) is 11.1 Å². The van der Waals surface area contributed by atoms with Crippen LogP contribution < -0.4 is 11.1 Å². The average Bonchev–Trinajstić information content (AvgIpc) is 2.77. The molecule has 0 amide bonds. The van der Waals surface area contributed by atoms with Gasteiger partial charge in [0, 0.05) is 15.8 Å². The molecule has 0 saturated carbocycles. The minimum atomic E-state index is 0.715. The van der Waals surface area contributed by atoms with Gasteiger partial charge in [-0.25, -0.2) is 4.98 Å². The number of hydrogen-bond acceptors (Lipinski definition) is 3. The molecule has 20 heavy (non-hydrogen) atoms. The molecule has 1 aromatic heterocycles. The number of anilines is 3. The number of halogens is 1. The molecule has 3 aromatic rings. The lowest BCUT2D eigenvalue weighted by atomic mass is 10.1. The summed E-state index contributed by atoms with van der Waals surface area (Å²) in [6.07, 6.45) is 0. The Bertz CT molecular complexity index is 769. The highest BCUT2D eigenvalue weighted by molar-refractivity contribution is 9.10. The first-order chi connectivity index (χ1) is 9.52. The first-order valence-electron chi connectivity index (χ1n) is 6.32. The Kier molecular flexibility index (Phi) is 3.14. The van der Waals surface area contributed by atoms with E-state index in [1.165, 1.54) is 11.1 Å². The molecule has 0 bridgehead atoms. The Balaban J connectivity index is 1.96. The van der Waals surface area contributed by atoms with Crippen LogP contribution in [0.25, 0.3) is 11.0 Å². The third kappa shape index (κ3) is 2.36. The van der Waals surface area contributed by atoms with E-state index in [0.29, 0.717) is 5.95 Å². The maximum Gasteiger partial charge on any atom is 0.205 e. The van der Waals surface area contributed by atoms with Gasteiger partial charge in [-0.05, 0) is 55.3 Å². The Morgan fingerprint density at radius 1 is 1.15 bits per heavy atom. The highest BCUT2D eigenvalue weighted by atomic mass is 79.9. The van der Waals surface area contributed by atoms with Gasteiger partial charge in [-0.1, -0.05) is 15.9 Å². The summed E-state index contributed by atoms with van der Waals surface area (Å²) in [7, 11) is 0. The molecule has 0 fully saturated rings. The summed E-state index contributed by atoms with van der Waals surface area (Å²) in [4.78, 5) is 7.72. The lowest BCUT2D eigenvalue weighted by molar-refractivity contribution is 1.28. The molecule has 0 spiro atoms. The van der Waals surface area contributed by atoms with Crippen molar-refractivity contribution in [1.82, 2.24) is 9.97 Å². The summed E-state index contributed by atoms with van der Waals surface area (Å²) in [5.41, 5.74) is 11.7. The minimum Gasteiger partial charge on any atom is -0.399 e. The van der Waals surface area contributed by atoms with Crippen molar-refractivity contribution in [1.29, 1.82) is 0 Å². The smallest absolute Gasteiger partial charge is 0.205 e. The number of nitrogens with one attached hydrogen (secondary N) is 2. The first kappa shape index (κ1) is 13.0. The molecule has 3 rings (SSSR count). The molecule has 0 aliphatic carbocycles. The third-order valence-corrected chi connectivity index (χ3v) is 4.46. The molecule has 0 aliphatic heterocycles. The maximum atomic E-state index is 5.77. The molecule has 0 radical (unpaired) electrons. The quantitative estimate of drug-likeness (QED) is 0.615. The molecular weight excluding hydrogens is 316 g/mol. The number of aromatic amines is 1. The summed E-state index contributed by atoms with van der Waals surface area (Å²) in [5.74, 6) is 0.715. The fourth-order valence-electron chi connectivity index (χ4n) is 2.24. The van der Waals surface area contributed by atoms with Crippen LogP contribution in [0.15, 0.2) is 34.8 Å². The topological polar surface area (TPSA) is 66.7 Å². The van der Waals surface area contributed by atoms with Crippen molar-refractivity contribution >= 4 is 44.3 Å². The third-order valence-electron chi connectivity index (χ3n) is 3.21. The van der Waals surface area contributed by atoms with Crippen LogP contribution in [0.3, 0.4) is 0 Å². The van der Waals surface area contributed by atoms with E-state index in [-0.39, 0.29) is 0 Å². The van der Waals surface area contributed by atoms with Crippen LogP contribution >= 0.6 is 15.9 Å². The van der Waals surface area contributed by atoms with Crippen LogP contribution in [0.5, 0.6) is 0 Å². The van der Waals surface area contributed by atoms with E-state index in [4.69, 9.17) is 5.73 Å². The van der Waals surface area contributed by atoms with Gasteiger partial charge < -0.3 is 16.0 Å². The van der Waals surface area contributed by atoms with E-state index in [2.05, 4.69) is 57.2 Å². The zero-order valence-electron chi connectivity index (χ0n) is 11.3. The Morgan fingerprint density at radius 3 is 2.55 bits per heavy atom. The molecule has 102 valence electrons. The lowest BCUT2D eigenvalue weighted by Crippen LogP contribution is -1.94. The average molecular weight is 331 g/mol. The van der Waals surface area contributed by atoms with Crippen LogP contribution in [-0.4, -0.2) is 9.97 Å². The Labute approximate surface area is 125 Å². The Hall–Kier alpha value is -2.01. The van der Waals surface area contributed by atoms with E-state index in [0.717, 1.165) is 26.9 Å². The van der Waals surface area contributed by atoms with Crippen molar-refractivity contribution in [3.05, 3.63) is 45.9 Å². The number of benzene rings is 2. The number of nitrogen functional groups attached to an aromatic ring is 1. The van der Waals surface area contributed by atoms with Gasteiger partial charge >= 0.3 is 0 Å². The standard InChI is InChI=1S/C15H15BrN4/c1-8-5-11(6-9(2)14(8)16)18-15-19-12-4-3-10(17)7-13(12)20-15/h3-7H,17H2,1-2H3,(H2,18,19,20). The number of aryl methyl sites for hydroxylation is 2. The predicted molar refractivity (Wildman–Crippen MR) is 87.4 cm³/mol. The molecule has 2 aromatic carbocycles. The summed E-state index contributed by atoms with van der Waals surface area (Å²) in [5, 5.41) is 3.29. The van der Waals surface area contributed by atoms with Crippen molar-refractivity contribution in [2.45, 2.75) is 13.8 Å². The normalized spacial score (nSPS) is 10.9. The second-order valence-electron chi connectivity index (χ2n) is 4.91. The number of imidazole rings is 1. The molecule has 0 saturated heterocycles. The number of nitrogens with two attached hydrogens (primary N) is 1. The van der Waals surface area contributed by atoms with Crippen LogP contribution in [-0.2, 0) is 0 Å². The van der Waals surface area contributed by atoms with Crippen molar-refractivity contribution in [3.63, 3.8) is 0 Å². The monoisotopic (exact) mass is 330 g/mol. The van der Waals surface area contributed by atoms with Gasteiger partial charge in [0.2, 0.25) is 5.95 Å². The van der Waals surface area contributed by atoms with Crippen molar-refractivity contribution in [2.75, 3.05) is 11.1 Å². The fourth-order valence-corrected chi connectivity index (χ4v) is 2.47. The van der Waals surface area contributed by atoms with Gasteiger partial charge in [0.05, 0.1) is 11.0 Å². The molecule has 0 unspecified atom stereocenters. The lowest BCUT2D eigenvalue weighted by Gasteiger charge is -2.08. The summed E-state index contributed by atoms with van der Waals surface area (Å²) >= 11 is 3.57. The van der Waals surface area contributed by atoms with Gasteiger partial charge in [0.1, 0.15) is 0 Å². The first-order valence-corrected chi connectivity index (χ1v) is 7.11. The second-order valence-corrected chi connectivity index (χ2v) is 5.70. The second kappa shape index (κ2) is 4.83. The summed E-state index contributed by atoms with van der Waals surface area (Å²) in [6, 6.07) is 9.80. The molecule has 0 atom stereocenters.